The van der Waals surface area contributed by atoms with E-state index in [1.807, 2.05) is 0 Å². The molecule has 0 aliphatic rings. The van der Waals surface area contributed by atoms with E-state index in [0.29, 0.717) is 0 Å². The van der Waals surface area contributed by atoms with Gasteiger partial charge in [-0.25, -0.2) is 13.7 Å². The number of aryl methyl sites for hydroxylation is 3. The van der Waals surface area contributed by atoms with Crippen LogP contribution in [0.3, 0.4) is 0 Å². The molecule has 0 radical (unpaired) electrons. The second-order valence-electron chi connectivity index (χ2n) is 7.84. The fourth-order valence-corrected chi connectivity index (χ4v) is 3.89. The molecule has 0 bridgehead atoms. The standard InChI is InChI=1S/C26H30N4/c1-27(2)23-15-12-22(13-16-23)14-17-26-28(3)24-10-5-6-11-25(24)30(26)21-9-20-29-18-7-4-8-19-29/h4-8,10-19H,9,20-21H2,1-3H3/q+2. The molecule has 0 unspecified atom stereocenters. The summed E-state index contributed by atoms with van der Waals surface area (Å²) in [4.78, 5) is 2.12. The summed E-state index contributed by atoms with van der Waals surface area (Å²) < 4.78 is 6.96. The number of anilines is 1. The van der Waals surface area contributed by atoms with Crippen molar-refractivity contribution in [1.82, 2.24) is 4.57 Å². The molecule has 0 N–H and O–H groups in total. The average Bonchev–Trinajstić information content (AvgIpc) is 3.05. The van der Waals surface area contributed by atoms with E-state index in [1.165, 1.54) is 28.1 Å². The van der Waals surface area contributed by atoms with Crippen LogP contribution in [0, 0.1) is 0 Å². The Kier molecular flexibility index (Phi) is 5.94. The van der Waals surface area contributed by atoms with Crippen molar-refractivity contribution in [3.05, 3.63) is 90.5 Å². The Morgan fingerprint density at radius 2 is 1.60 bits per heavy atom. The highest BCUT2D eigenvalue weighted by Crippen LogP contribution is 2.18. The maximum atomic E-state index is 2.43. The molecule has 152 valence electrons. The average molecular weight is 399 g/mol. The zero-order chi connectivity index (χ0) is 20.9. The highest BCUT2D eigenvalue weighted by atomic mass is 15.2. The molecule has 4 rings (SSSR count). The normalized spacial score (nSPS) is 11.4. The third kappa shape index (κ3) is 4.28. The van der Waals surface area contributed by atoms with Crippen molar-refractivity contribution in [2.45, 2.75) is 19.5 Å². The largest absolute Gasteiger partial charge is 0.378 e. The molecule has 0 saturated heterocycles. The van der Waals surface area contributed by atoms with E-state index in [0.717, 1.165) is 19.5 Å². The van der Waals surface area contributed by atoms with Crippen LogP contribution in [0.1, 0.15) is 17.8 Å². The molecule has 30 heavy (non-hydrogen) atoms. The van der Waals surface area contributed by atoms with Crippen molar-refractivity contribution in [3.63, 3.8) is 0 Å². The van der Waals surface area contributed by atoms with Gasteiger partial charge in [-0.1, -0.05) is 30.3 Å². The minimum absolute atomic E-state index is 0.975. The number of hydrogen-bond acceptors (Lipinski definition) is 1. The number of rotatable bonds is 7. The number of benzene rings is 2. The lowest BCUT2D eigenvalue weighted by atomic mass is 10.2. The van der Waals surface area contributed by atoms with E-state index < -0.39 is 0 Å². The number of nitrogens with zero attached hydrogens (tertiary/aromatic N) is 4. The van der Waals surface area contributed by atoms with Crippen LogP contribution in [0.15, 0.2) is 79.1 Å². The summed E-state index contributed by atoms with van der Waals surface area (Å²) in [5, 5.41) is 0. The van der Waals surface area contributed by atoms with E-state index >= 15 is 0 Å². The molecule has 0 atom stereocenters. The second-order valence-corrected chi connectivity index (χ2v) is 7.84. The fourth-order valence-electron chi connectivity index (χ4n) is 3.89. The first-order valence-corrected chi connectivity index (χ1v) is 10.5. The van der Waals surface area contributed by atoms with Gasteiger partial charge in [0, 0.05) is 44.4 Å². The van der Waals surface area contributed by atoms with Gasteiger partial charge >= 0.3 is 0 Å². The number of aromatic nitrogens is 3. The number of para-hydroxylation sites is 2. The zero-order valence-corrected chi connectivity index (χ0v) is 18.1. The van der Waals surface area contributed by atoms with Crippen LogP contribution in [-0.2, 0) is 20.1 Å². The Hall–Kier alpha value is -3.40. The molecule has 0 spiro atoms. The Morgan fingerprint density at radius 3 is 2.33 bits per heavy atom. The first kappa shape index (κ1) is 19.9. The van der Waals surface area contributed by atoms with Gasteiger partial charge in [-0.15, -0.1) is 0 Å². The van der Waals surface area contributed by atoms with Crippen LogP contribution in [-0.4, -0.2) is 18.7 Å². The molecule has 4 nitrogen and oxygen atoms in total. The summed E-state index contributed by atoms with van der Waals surface area (Å²) in [6.07, 6.45) is 9.78. The highest BCUT2D eigenvalue weighted by Gasteiger charge is 2.20. The van der Waals surface area contributed by atoms with Crippen molar-refractivity contribution < 1.29 is 9.13 Å². The summed E-state index contributed by atoms with van der Waals surface area (Å²) in [5.41, 5.74) is 4.95. The lowest BCUT2D eigenvalue weighted by Crippen LogP contribution is -2.33. The van der Waals surface area contributed by atoms with Crippen LogP contribution >= 0.6 is 0 Å². The fraction of sp³-hybridized carbons (Fsp3) is 0.231. The Labute approximate surface area is 178 Å². The third-order valence-corrected chi connectivity index (χ3v) is 5.56. The predicted octanol–water partition coefficient (Wildman–Crippen LogP) is 4.08. The molecule has 4 heteroatoms. The first-order chi connectivity index (χ1) is 14.6. The lowest BCUT2D eigenvalue weighted by molar-refractivity contribution is -0.697. The molecule has 0 aliphatic heterocycles. The molecule has 4 aromatic rings. The number of imidazole rings is 1. The van der Waals surface area contributed by atoms with Crippen LogP contribution in [0.25, 0.3) is 23.2 Å². The number of fused-ring (bicyclic) bond motifs is 1. The quantitative estimate of drug-likeness (QED) is 0.429. The highest BCUT2D eigenvalue weighted by molar-refractivity contribution is 5.76. The van der Waals surface area contributed by atoms with Crippen molar-refractivity contribution in [2.24, 2.45) is 7.05 Å². The summed E-state index contributed by atoms with van der Waals surface area (Å²) in [6.45, 7) is 1.98. The Bertz CT molecular complexity index is 1140. The number of hydrogen-bond donors (Lipinski definition) is 0. The van der Waals surface area contributed by atoms with Crippen molar-refractivity contribution >= 4 is 28.9 Å². The molecule has 0 amide bonds. The Morgan fingerprint density at radius 1 is 0.867 bits per heavy atom. The molecule has 2 aromatic carbocycles. The van der Waals surface area contributed by atoms with Gasteiger partial charge in [-0.3, -0.25) is 0 Å². The van der Waals surface area contributed by atoms with Crippen LogP contribution in [0.2, 0.25) is 0 Å². The minimum atomic E-state index is 0.975. The molecule has 0 aliphatic carbocycles. The minimum Gasteiger partial charge on any atom is -0.378 e. The summed E-state index contributed by atoms with van der Waals surface area (Å²) >= 11 is 0. The molecule has 0 saturated carbocycles. The van der Waals surface area contributed by atoms with Gasteiger partial charge in [0.25, 0.3) is 5.82 Å². The van der Waals surface area contributed by atoms with Crippen molar-refractivity contribution in [1.29, 1.82) is 0 Å². The topological polar surface area (TPSA) is 15.9 Å². The van der Waals surface area contributed by atoms with E-state index in [4.69, 9.17) is 0 Å². The van der Waals surface area contributed by atoms with Gasteiger partial charge in [-0.05, 0) is 35.9 Å². The van der Waals surface area contributed by atoms with Gasteiger partial charge in [0.05, 0.1) is 13.6 Å². The van der Waals surface area contributed by atoms with E-state index in [-0.39, 0.29) is 0 Å². The number of pyridine rings is 1. The summed E-state index contributed by atoms with van der Waals surface area (Å²) in [5.74, 6) is 1.21. The van der Waals surface area contributed by atoms with Crippen LogP contribution in [0.4, 0.5) is 5.69 Å². The zero-order valence-electron chi connectivity index (χ0n) is 18.1. The monoisotopic (exact) mass is 398 g/mol. The predicted molar refractivity (Wildman–Crippen MR) is 124 cm³/mol. The molecular weight excluding hydrogens is 368 g/mol. The van der Waals surface area contributed by atoms with Gasteiger partial charge in [0.1, 0.15) is 0 Å². The molecule has 0 fully saturated rings. The summed E-state index contributed by atoms with van der Waals surface area (Å²) in [6, 6.07) is 23.5. The van der Waals surface area contributed by atoms with Crippen LogP contribution < -0.4 is 14.0 Å². The molecule has 2 aromatic heterocycles. The van der Waals surface area contributed by atoms with Gasteiger partial charge in [0.2, 0.25) is 0 Å². The summed E-state index contributed by atoms with van der Waals surface area (Å²) in [7, 11) is 6.29. The SMILES string of the molecule is CN(C)c1ccc(/C=C/c2n(CCC[n+]3ccccc3)c3ccccc3[n+]2C)cc1. The molecule has 2 heterocycles. The van der Waals surface area contributed by atoms with Crippen molar-refractivity contribution in [2.75, 3.05) is 19.0 Å². The van der Waals surface area contributed by atoms with E-state index in [2.05, 4.69) is 131 Å². The maximum absolute atomic E-state index is 2.43. The maximum Gasteiger partial charge on any atom is 0.282 e. The van der Waals surface area contributed by atoms with Crippen molar-refractivity contribution in [3.8, 4) is 0 Å². The first-order valence-electron chi connectivity index (χ1n) is 10.5. The third-order valence-electron chi connectivity index (χ3n) is 5.56. The van der Waals surface area contributed by atoms with E-state index in [9.17, 15) is 0 Å². The molecular formula is C26H30N4+2. The van der Waals surface area contributed by atoms with E-state index in [1.54, 1.807) is 0 Å². The Balaban J connectivity index is 1.61. The van der Waals surface area contributed by atoms with Gasteiger partial charge in [0.15, 0.2) is 30.0 Å². The van der Waals surface area contributed by atoms with Gasteiger partial charge < -0.3 is 4.90 Å². The van der Waals surface area contributed by atoms with Crippen LogP contribution in [0.5, 0.6) is 0 Å². The second kappa shape index (κ2) is 8.95. The lowest BCUT2D eigenvalue weighted by Gasteiger charge is -2.11. The smallest absolute Gasteiger partial charge is 0.282 e. The van der Waals surface area contributed by atoms with Gasteiger partial charge in [-0.2, -0.15) is 0 Å².